The third-order valence-corrected chi connectivity index (χ3v) is 5.18. The second-order valence-electron chi connectivity index (χ2n) is 5.73. The number of nitrogens with one attached hydrogen (secondary N) is 1. The number of aryl methyl sites for hydroxylation is 1. The molecular weight excluding hydrogens is 366 g/mol. The van der Waals surface area contributed by atoms with Crippen LogP contribution in [0.1, 0.15) is 11.1 Å². The van der Waals surface area contributed by atoms with Crippen LogP contribution in [-0.4, -0.2) is 30.9 Å². The average Bonchev–Trinajstić information content (AvgIpc) is 3.25. The number of amides is 1. The number of carbonyl (C=O) groups is 1. The van der Waals surface area contributed by atoms with E-state index >= 15 is 0 Å². The van der Waals surface area contributed by atoms with Crippen LogP contribution in [0, 0.1) is 6.92 Å². The Labute approximate surface area is 159 Å². The first-order valence-corrected chi connectivity index (χ1v) is 9.03. The van der Waals surface area contributed by atoms with Crippen molar-refractivity contribution in [1.82, 2.24) is 20.6 Å². The Morgan fingerprint density at radius 2 is 2.00 bits per heavy atom. The monoisotopic (exact) mass is 379 g/mol. The molecule has 1 amide bonds. The molecule has 2 aromatic carbocycles. The molecule has 8 heteroatoms. The van der Waals surface area contributed by atoms with E-state index in [2.05, 4.69) is 20.6 Å². The van der Waals surface area contributed by atoms with Crippen LogP contribution in [0.4, 0.5) is 5.69 Å². The molecule has 128 valence electrons. The fraction of sp³-hybridized carbons (Fsp3) is 0.0556. The van der Waals surface area contributed by atoms with Crippen molar-refractivity contribution in [3.8, 4) is 11.4 Å². The Morgan fingerprint density at radius 3 is 2.69 bits per heavy atom. The van der Waals surface area contributed by atoms with Gasteiger partial charge in [-0.05, 0) is 46.7 Å². The van der Waals surface area contributed by atoms with Crippen molar-refractivity contribution in [2.45, 2.75) is 6.92 Å². The first kappa shape index (κ1) is 16.6. The maximum absolute atomic E-state index is 12.8. The van der Waals surface area contributed by atoms with E-state index in [0.29, 0.717) is 15.1 Å². The molecule has 4 rings (SSSR count). The number of rotatable bonds is 3. The second kappa shape index (κ2) is 6.81. The lowest BCUT2D eigenvalue weighted by Gasteiger charge is -2.14. The van der Waals surface area contributed by atoms with Gasteiger partial charge in [0.05, 0.1) is 10.6 Å². The van der Waals surface area contributed by atoms with Crippen LogP contribution >= 0.6 is 24.0 Å². The van der Waals surface area contributed by atoms with Crippen molar-refractivity contribution in [1.29, 1.82) is 0 Å². The van der Waals surface area contributed by atoms with E-state index in [1.165, 1.54) is 11.8 Å². The number of hydrogen-bond donors (Lipinski definition) is 1. The number of thiocarbonyl (C=S) groups is 1. The highest BCUT2D eigenvalue weighted by Gasteiger charge is 2.33. The summed E-state index contributed by atoms with van der Waals surface area (Å²) < 4.78 is 0.538. The first-order chi connectivity index (χ1) is 12.6. The molecule has 0 unspecified atom stereocenters. The molecule has 0 radical (unpaired) electrons. The number of hydrogen-bond acceptors (Lipinski definition) is 6. The zero-order valence-electron chi connectivity index (χ0n) is 13.7. The maximum Gasteiger partial charge on any atom is 0.270 e. The second-order valence-corrected chi connectivity index (χ2v) is 7.40. The Hall–Kier alpha value is -2.84. The third kappa shape index (κ3) is 3.16. The molecule has 0 saturated carbocycles. The minimum absolute atomic E-state index is 0.103. The molecule has 0 atom stereocenters. The predicted octanol–water partition coefficient (Wildman–Crippen LogP) is 3.58. The number of H-pyrrole nitrogens is 1. The zero-order chi connectivity index (χ0) is 18.1. The number of nitrogens with zero attached hydrogens (tertiary/aromatic N) is 4. The van der Waals surface area contributed by atoms with Crippen LogP contribution in [0.15, 0.2) is 53.4 Å². The molecule has 0 bridgehead atoms. The largest absolute Gasteiger partial charge is 0.270 e. The van der Waals surface area contributed by atoms with Gasteiger partial charge in [-0.2, -0.15) is 0 Å². The minimum Gasteiger partial charge on any atom is -0.268 e. The summed E-state index contributed by atoms with van der Waals surface area (Å²) in [4.78, 5) is 15.0. The Kier molecular flexibility index (Phi) is 4.36. The Morgan fingerprint density at radius 1 is 1.19 bits per heavy atom. The summed E-state index contributed by atoms with van der Waals surface area (Å²) in [6.07, 6.45) is 1.84. The molecule has 1 aliphatic rings. The molecule has 1 saturated heterocycles. The number of anilines is 1. The summed E-state index contributed by atoms with van der Waals surface area (Å²) >= 11 is 6.72. The van der Waals surface area contributed by atoms with Gasteiger partial charge in [0.1, 0.15) is 0 Å². The highest BCUT2D eigenvalue weighted by Crippen LogP contribution is 2.36. The van der Waals surface area contributed by atoms with Crippen LogP contribution in [0.2, 0.25) is 0 Å². The highest BCUT2D eigenvalue weighted by molar-refractivity contribution is 8.27. The van der Waals surface area contributed by atoms with Crippen LogP contribution in [0.3, 0.4) is 0 Å². The van der Waals surface area contributed by atoms with Gasteiger partial charge in [-0.15, -0.1) is 5.10 Å². The smallest absolute Gasteiger partial charge is 0.268 e. The van der Waals surface area contributed by atoms with Crippen LogP contribution < -0.4 is 4.90 Å². The summed E-state index contributed by atoms with van der Waals surface area (Å²) in [7, 11) is 0. The molecule has 1 aromatic heterocycles. The third-order valence-electron chi connectivity index (χ3n) is 3.88. The summed E-state index contributed by atoms with van der Waals surface area (Å²) in [6, 6.07) is 15.4. The van der Waals surface area contributed by atoms with Gasteiger partial charge in [-0.25, -0.2) is 5.10 Å². The normalized spacial score (nSPS) is 15.9. The van der Waals surface area contributed by atoms with Crippen molar-refractivity contribution in [2.24, 2.45) is 0 Å². The van der Waals surface area contributed by atoms with E-state index in [4.69, 9.17) is 12.2 Å². The number of carbonyl (C=O) groups excluding carboxylic acids is 1. The zero-order valence-corrected chi connectivity index (χ0v) is 15.3. The van der Waals surface area contributed by atoms with Crippen LogP contribution in [0.5, 0.6) is 0 Å². The van der Waals surface area contributed by atoms with Gasteiger partial charge >= 0.3 is 0 Å². The molecule has 1 aliphatic heterocycles. The standard InChI is InChI=1S/C18H13N5OS2/c1-11-3-2-4-14(9-11)23-17(24)15(26-18(23)25)10-12-5-7-13(8-6-12)16-19-21-22-20-16/h2-10H,1H3,(H,19,20,21,22)/b15-10-. The fourth-order valence-corrected chi connectivity index (χ4v) is 3.93. The SMILES string of the molecule is Cc1cccc(N2C(=O)/C(=C/c3ccc(-c4nnn[nH]4)cc3)SC2=S)c1. The Balaban J connectivity index is 1.60. The van der Waals surface area contributed by atoms with Gasteiger partial charge in [-0.1, -0.05) is 60.4 Å². The van der Waals surface area contributed by atoms with Gasteiger partial charge in [0.2, 0.25) is 0 Å². The number of aromatic amines is 1. The summed E-state index contributed by atoms with van der Waals surface area (Å²) in [5, 5.41) is 13.7. The van der Waals surface area contributed by atoms with Gasteiger partial charge in [-0.3, -0.25) is 9.69 Å². The minimum atomic E-state index is -0.103. The molecule has 6 nitrogen and oxygen atoms in total. The van der Waals surface area contributed by atoms with Crippen LogP contribution in [0.25, 0.3) is 17.5 Å². The summed E-state index contributed by atoms with van der Waals surface area (Å²) in [5.74, 6) is 0.497. The quantitative estimate of drug-likeness (QED) is 0.554. The van der Waals surface area contributed by atoms with E-state index in [1.54, 1.807) is 4.90 Å². The van der Waals surface area contributed by atoms with Crippen molar-refractivity contribution in [3.05, 3.63) is 64.6 Å². The lowest BCUT2D eigenvalue weighted by molar-refractivity contribution is -0.113. The number of benzene rings is 2. The molecule has 2 heterocycles. The molecule has 1 N–H and O–H groups in total. The van der Waals surface area contributed by atoms with Crippen molar-refractivity contribution < 1.29 is 4.79 Å². The summed E-state index contributed by atoms with van der Waals surface area (Å²) in [5.41, 5.74) is 3.66. The van der Waals surface area contributed by atoms with E-state index in [0.717, 1.165) is 22.4 Å². The lowest BCUT2D eigenvalue weighted by atomic mass is 10.1. The highest BCUT2D eigenvalue weighted by atomic mass is 32.2. The molecule has 1 fully saturated rings. The van der Waals surface area contributed by atoms with E-state index in [1.807, 2.05) is 61.5 Å². The van der Waals surface area contributed by atoms with Gasteiger partial charge in [0.25, 0.3) is 5.91 Å². The first-order valence-electron chi connectivity index (χ1n) is 7.80. The van der Waals surface area contributed by atoms with Gasteiger partial charge < -0.3 is 0 Å². The number of aromatic nitrogens is 4. The molecular formula is C18H13N5OS2. The van der Waals surface area contributed by atoms with Crippen LogP contribution in [-0.2, 0) is 4.79 Å². The molecule has 0 aliphatic carbocycles. The van der Waals surface area contributed by atoms with Crippen molar-refractivity contribution >= 4 is 46.0 Å². The number of thioether (sulfide) groups is 1. The predicted molar refractivity (Wildman–Crippen MR) is 106 cm³/mol. The summed E-state index contributed by atoms with van der Waals surface area (Å²) in [6.45, 7) is 1.99. The van der Waals surface area contributed by atoms with E-state index in [9.17, 15) is 4.79 Å². The van der Waals surface area contributed by atoms with Gasteiger partial charge in [0.15, 0.2) is 10.1 Å². The maximum atomic E-state index is 12.8. The molecule has 3 aromatic rings. The van der Waals surface area contributed by atoms with Crippen molar-refractivity contribution in [2.75, 3.05) is 4.90 Å². The molecule has 0 spiro atoms. The fourth-order valence-electron chi connectivity index (χ4n) is 2.63. The average molecular weight is 379 g/mol. The topological polar surface area (TPSA) is 74.8 Å². The van der Waals surface area contributed by atoms with E-state index < -0.39 is 0 Å². The van der Waals surface area contributed by atoms with Gasteiger partial charge in [0, 0.05) is 5.56 Å². The molecule has 26 heavy (non-hydrogen) atoms. The van der Waals surface area contributed by atoms with E-state index in [-0.39, 0.29) is 5.91 Å². The lowest BCUT2D eigenvalue weighted by Crippen LogP contribution is -2.27. The Bertz CT molecular complexity index is 1010. The number of tetrazole rings is 1. The van der Waals surface area contributed by atoms with Crippen molar-refractivity contribution in [3.63, 3.8) is 0 Å².